The van der Waals surface area contributed by atoms with Gasteiger partial charge >= 0.3 is 0 Å². The van der Waals surface area contributed by atoms with Crippen LogP contribution in [0.25, 0.3) is 0 Å². The molecule has 1 aromatic carbocycles. The summed E-state index contributed by atoms with van der Waals surface area (Å²) in [5.74, 6) is -0.947. The molecule has 0 unspecified atom stereocenters. The van der Waals surface area contributed by atoms with E-state index in [4.69, 9.17) is 0 Å². The highest BCUT2D eigenvalue weighted by Crippen LogP contribution is 2.20. The number of amides is 1. The summed E-state index contributed by atoms with van der Waals surface area (Å²) in [6, 6.07) is 4.08. The van der Waals surface area contributed by atoms with Gasteiger partial charge in [-0.05, 0) is 48.0 Å². The molecule has 0 aromatic heterocycles. The minimum absolute atomic E-state index is 0.260. The summed E-state index contributed by atoms with van der Waals surface area (Å²) in [6.07, 6.45) is 0. The lowest BCUT2D eigenvalue weighted by molar-refractivity contribution is -0.130. The summed E-state index contributed by atoms with van der Waals surface area (Å²) in [7, 11) is 0. The average Bonchev–Trinajstić information content (AvgIpc) is 2.10. The molecule has 0 saturated heterocycles. The van der Waals surface area contributed by atoms with Crippen molar-refractivity contribution in [3.05, 3.63) is 28.5 Å². The van der Waals surface area contributed by atoms with E-state index in [1.165, 1.54) is 32.0 Å². The lowest BCUT2D eigenvalue weighted by atomic mass is 10.1. The van der Waals surface area contributed by atoms with Gasteiger partial charge in [-0.15, -0.1) is 0 Å². The second kappa shape index (κ2) is 4.28. The second-order valence-electron chi connectivity index (χ2n) is 3.64. The fourth-order valence-corrected chi connectivity index (χ4v) is 1.24. The van der Waals surface area contributed by atoms with Crippen LogP contribution in [-0.2, 0) is 4.79 Å². The SMILES string of the molecule is CC(C)(O)C(=O)Nc1ccc(F)c(Br)c1. The van der Waals surface area contributed by atoms with Gasteiger partial charge in [-0.3, -0.25) is 4.79 Å². The zero-order valence-electron chi connectivity index (χ0n) is 8.34. The Hall–Kier alpha value is -0.940. The van der Waals surface area contributed by atoms with E-state index in [9.17, 15) is 14.3 Å². The smallest absolute Gasteiger partial charge is 0.255 e. The molecule has 0 spiro atoms. The molecule has 0 aliphatic carbocycles. The molecule has 1 rings (SSSR count). The molecule has 3 nitrogen and oxygen atoms in total. The lowest BCUT2D eigenvalue weighted by Crippen LogP contribution is -2.36. The Morgan fingerprint density at radius 1 is 1.53 bits per heavy atom. The molecule has 1 amide bonds. The van der Waals surface area contributed by atoms with Gasteiger partial charge in [0.25, 0.3) is 5.91 Å². The summed E-state index contributed by atoms with van der Waals surface area (Å²) in [4.78, 5) is 11.4. The summed E-state index contributed by atoms with van der Waals surface area (Å²) < 4.78 is 13.1. The third kappa shape index (κ3) is 3.28. The molecule has 15 heavy (non-hydrogen) atoms. The molecule has 0 fully saturated rings. The van der Waals surface area contributed by atoms with Crippen LogP contribution in [0, 0.1) is 5.82 Å². The third-order valence-corrected chi connectivity index (χ3v) is 2.34. The second-order valence-corrected chi connectivity index (χ2v) is 4.50. The van der Waals surface area contributed by atoms with Gasteiger partial charge in [0, 0.05) is 5.69 Å². The van der Waals surface area contributed by atoms with Crippen LogP contribution in [0.5, 0.6) is 0 Å². The van der Waals surface area contributed by atoms with Crippen LogP contribution in [0.4, 0.5) is 10.1 Å². The molecule has 0 saturated carbocycles. The van der Waals surface area contributed by atoms with E-state index in [-0.39, 0.29) is 4.47 Å². The van der Waals surface area contributed by atoms with E-state index in [2.05, 4.69) is 21.2 Å². The first-order valence-electron chi connectivity index (χ1n) is 4.29. The van der Waals surface area contributed by atoms with E-state index in [0.717, 1.165) is 0 Å². The Balaban J connectivity index is 2.83. The fourth-order valence-electron chi connectivity index (χ4n) is 0.858. The number of hydrogen-bond donors (Lipinski definition) is 2. The van der Waals surface area contributed by atoms with Crippen LogP contribution in [0.2, 0.25) is 0 Å². The van der Waals surface area contributed by atoms with Gasteiger partial charge in [-0.25, -0.2) is 4.39 Å². The molecule has 0 aliphatic rings. The van der Waals surface area contributed by atoms with Crippen molar-refractivity contribution in [1.29, 1.82) is 0 Å². The van der Waals surface area contributed by atoms with Crippen LogP contribution in [-0.4, -0.2) is 16.6 Å². The Morgan fingerprint density at radius 3 is 2.60 bits per heavy atom. The van der Waals surface area contributed by atoms with Gasteiger partial charge < -0.3 is 10.4 Å². The molecule has 0 aliphatic heterocycles. The highest BCUT2D eigenvalue weighted by atomic mass is 79.9. The number of carbonyl (C=O) groups excluding carboxylic acids is 1. The number of hydrogen-bond acceptors (Lipinski definition) is 2. The van der Waals surface area contributed by atoms with Crippen LogP contribution < -0.4 is 5.32 Å². The number of anilines is 1. The number of halogens is 2. The average molecular weight is 276 g/mol. The monoisotopic (exact) mass is 275 g/mol. The van der Waals surface area contributed by atoms with Crippen molar-refractivity contribution in [1.82, 2.24) is 0 Å². The number of benzene rings is 1. The van der Waals surface area contributed by atoms with Crippen molar-refractivity contribution in [3.63, 3.8) is 0 Å². The van der Waals surface area contributed by atoms with Crippen molar-refractivity contribution in [2.45, 2.75) is 19.4 Å². The number of nitrogens with one attached hydrogen (secondary N) is 1. The Kier molecular flexibility index (Phi) is 3.46. The predicted molar refractivity (Wildman–Crippen MR) is 59.0 cm³/mol. The maximum Gasteiger partial charge on any atom is 0.255 e. The molecule has 82 valence electrons. The van der Waals surface area contributed by atoms with Crippen LogP contribution in [0.3, 0.4) is 0 Å². The van der Waals surface area contributed by atoms with E-state index in [1.807, 2.05) is 0 Å². The molecule has 0 bridgehead atoms. The van der Waals surface area contributed by atoms with Gasteiger partial charge in [-0.2, -0.15) is 0 Å². The van der Waals surface area contributed by atoms with Gasteiger partial charge in [0.1, 0.15) is 11.4 Å². The number of rotatable bonds is 2. The van der Waals surface area contributed by atoms with E-state index < -0.39 is 17.3 Å². The molecule has 2 N–H and O–H groups in total. The molecule has 1 aromatic rings. The van der Waals surface area contributed by atoms with Crippen molar-refractivity contribution >= 4 is 27.5 Å². The largest absolute Gasteiger partial charge is 0.381 e. The van der Waals surface area contributed by atoms with Crippen LogP contribution in [0.15, 0.2) is 22.7 Å². The minimum Gasteiger partial charge on any atom is -0.381 e. The topological polar surface area (TPSA) is 49.3 Å². The molecular weight excluding hydrogens is 265 g/mol. The van der Waals surface area contributed by atoms with Crippen LogP contribution in [0.1, 0.15) is 13.8 Å². The Bertz CT molecular complexity index is 387. The van der Waals surface area contributed by atoms with Gasteiger partial charge in [-0.1, -0.05) is 0 Å². The maximum absolute atomic E-state index is 12.9. The third-order valence-electron chi connectivity index (χ3n) is 1.73. The van der Waals surface area contributed by atoms with Crippen molar-refractivity contribution in [3.8, 4) is 0 Å². The zero-order valence-corrected chi connectivity index (χ0v) is 9.93. The quantitative estimate of drug-likeness (QED) is 0.870. The van der Waals surface area contributed by atoms with E-state index >= 15 is 0 Å². The summed E-state index contributed by atoms with van der Waals surface area (Å²) in [5, 5.41) is 11.8. The molecule has 0 atom stereocenters. The Morgan fingerprint density at radius 2 is 2.13 bits per heavy atom. The predicted octanol–water partition coefficient (Wildman–Crippen LogP) is 2.30. The molecule has 0 heterocycles. The maximum atomic E-state index is 12.9. The van der Waals surface area contributed by atoms with Gasteiger partial charge in [0.05, 0.1) is 4.47 Å². The van der Waals surface area contributed by atoms with Crippen molar-refractivity contribution < 1.29 is 14.3 Å². The van der Waals surface area contributed by atoms with Crippen LogP contribution >= 0.6 is 15.9 Å². The number of carbonyl (C=O) groups is 1. The molecule has 0 radical (unpaired) electrons. The van der Waals surface area contributed by atoms with Gasteiger partial charge in [0.15, 0.2) is 0 Å². The zero-order chi connectivity index (χ0) is 11.6. The first kappa shape index (κ1) is 12.1. The molecule has 5 heteroatoms. The fraction of sp³-hybridized carbons (Fsp3) is 0.300. The standard InChI is InChI=1S/C10H11BrFNO2/c1-10(2,15)9(14)13-6-3-4-8(12)7(11)5-6/h3-5,15H,1-2H3,(H,13,14). The minimum atomic E-state index is -1.46. The normalized spacial score (nSPS) is 11.3. The van der Waals surface area contributed by atoms with Crippen molar-refractivity contribution in [2.24, 2.45) is 0 Å². The highest BCUT2D eigenvalue weighted by molar-refractivity contribution is 9.10. The summed E-state index contributed by atoms with van der Waals surface area (Å²) in [6.45, 7) is 2.75. The molecular formula is C10H11BrFNO2. The first-order chi connectivity index (χ1) is 6.80. The van der Waals surface area contributed by atoms with Crippen molar-refractivity contribution in [2.75, 3.05) is 5.32 Å². The van der Waals surface area contributed by atoms with Gasteiger partial charge in [0.2, 0.25) is 0 Å². The van der Waals surface area contributed by atoms with E-state index in [0.29, 0.717) is 5.69 Å². The van der Waals surface area contributed by atoms with E-state index in [1.54, 1.807) is 0 Å². The Labute approximate surface area is 95.4 Å². The first-order valence-corrected chi connectivity index (χ1v) is 5.09. The highest BCUT2D eigenvalue weighted by Gasteiger charge is 2.23. The number of aliphatic hydroxyl groups is 1. The summed E-state index contributed by atoms with van der Waals surface area (Å²) in [5.41, 5.74) is -1.03. The lowest BCUT2D eigenvalue weighted by Gasteiger charge is -2.16. The summed E-state index contributed by atoms with van der Waals surface area (Å²) >= 11 is 3.00.